The first-order valence-corrected chi connectivity index (χ1v) is 12.6. The van der Waals surface area contributed by atoms with Crippen LogP contribution in [0.2, 0.25) is 0 Å². The van der Waals surface area contributed by atoms with Gasteiger partial charge in [0.2, 0.25) is 0 Å². The third-order valence-electron chi connectivity index (χ3n) is 7.76. The first kappa shape index (κ1) is 22.2. The van der Waals surface area contributed by atoms with Gasteiger partial charge in [0.1, 0.15) is 17.9 Å². The molecule has 2 aromatic rings. The lowest BCUT2D eigenvalue weighted by molar-refractivity contribution is 0.0543. The summed E-state index contributed by atoms with van der Waals surface area (Å²) in [6, 6.07) is 6.05. The summed E-state index contributed by atoms with van der Waals surface area (Å²) in [4.78, 5) is 13.7. The van der Waals surface area contributed by atoms with E-state index in [4.69, 9.17) is 14.2 Å². The molecule has 0 bridgehead atoms. The lowest BCUT2D eigenvalue weighted by atomic mass is 9.86. The van der Waals surface area contributed by atoms with Gasteiger partial charge in [-0.25, -0.2) is 14.4 Å². The Labute approximate surface area is 200 Å². The predicted octanol–water partition coefficient (Wildman–Crippen LogP) is 3.89. The topological polar surface area (TPSA) is 63.2 Å². The molecular formula is C26H33FN4O3. The van der Waals surface area contributed by atoms with E-state index < -0.39 is 0 Å². The number of fused-ring (bicyclic) bond motifs is 1. The van der Waals surface area contributed by atoms with Gasteiger partial charge in [-0.3, -0.25) is 0 Å². The highest BCUT2D eigenvalue weighted by molar-refractivity contribution is 5.53. The predicted molar refractivity (Wildman–Crippen MR) is 126 cm³/mol. The van der Waals surface area contributed by atoms with Crippen LogP contribution in [0.1, 0.15) is 32.1 Å². The first-order valence-electron chi connectivity index (χ1n) is 12.6. The van der Waals surface area contributed by atoms with Crippen molar-refractivity contribution in [3.63, 3.8) is 0 Å². The molecule has 5 heterocycles. The standard InChI is InChI=1S/C23H29FN4O2.C3H4O/c24-19-1-3-20(4-2-19)30-21-13-25-17-26-22(21)28-10-8-23(16-28)7-9-27(15-23)14-18-5-11-29-12-6-18;1-2-3(1)4-2/h1-4,13,17-18H,5-12,14-16H2;2-3H,1H2. The molecule has 1 saturated carbocycles. The number of ether oxygens (including phenoxy) is 3. The molecule has 1 aliphatic carbocycles. The molecule has 3 atom stereocenters. The third-order valence-corrected chi connectivity index (χ3v) is 7.76. The maximum Gasteiger partial charge on any atom is 0.188 e. The van der Waals surface area contributed by atoms with E-state index in [1.807, 2.05) is 0 Å². The quantitative estimate of drug-likeness (QED) is 0.617. The average molecular weight is 469 g/mol. The molecule has 0 amide bonds. The van der Waals surface area contributed by atoms with Gasteiger partial charge in [-0.05, 0) is 62.4 Å². The van der Waals surface area contributed by atoms with Crippen molar-refractivity contribution in [2.75, 3.05) is 50.8 Å². The van der Waals surface area contributed by atoms with Crippen molar-refractivity contribution in [3.05, 3.63) is 42.6 Å². The molecule has 1 aromatic heterocycles. The van der Waals surface area contributed by atoms with Gasteiger partial charge in [-0.15, -0.1) is 0 Å². The minimum Gasteiger partial charge on any atom is -0.452 e. The van der Waals surface area contributed by atoms with Crippen LogP contribution in [0.5, 0.6) is 11.5 Å². The number of rotatable bonds is 5. The lowest BCUT2D eigenvalue weighted by Gasteiger charge is -2.29. The van der Waals surface area contributed by atoms with Crippen molar-refractivity contribution in [2.24, 2.45) is 11.3 Å². The number of hydrogen-bond acceptors (Lipinski definition) is 7. The van der Waals surface area contributed by atoms with Crippen LogP contribution in [0.3, 0.4) is 0 Å². The number of likely N-dealkylation sites (tertiary alicyclic amines) is 1. The van der Waals surface area contributed by atoms with Crippen LogP contribution in [0.4, 0.5) is 10.2 Å². The number of benzene rings is 1. The average Bonchev–Trinajstić information content (AvgIpc) is 3.71. The van der Waals surface area contributed by atoms with Crippen LogP contribution < -0.4 is 9.64 Å². The van der Waals surface area contributed by atoms with E-state index in [0.717, 1.165) is 50.2 Å². The van der Waals surface area contributed by atoms with E-state index in [9.17, 15) is 4.39 Å². The summed E-state index contributed by atoms with van der Waals surface area (Å²) in [7, 11) is 0. The zero-order chi connectivity index (χ0) is 23.0. The fourth-order valence-corrected chi connectivity index (χ4v) is 5.49. The minimum atomic E-state index is -0.278. The Kier molecular flexibility index (Phi) is 6.13. The zero-order valence-electron chi connectivity index (χ0n) is 19.6. The molecule has 7 rings (SSSR count). The minimum absolute atomic E-state index is 0.278. The van der Waals surface area contributed by atoms with E-state index in [2.05, 4.69) is 19.8 Å². The number of anilines is 1. The summed E-state index contributed by atoms with van der Waals surface area (Å²) >= 11 is 0. The molecule has 0 radical (unpaired) electrons. The van der Waals surface area contributed by atoms with E-state index in [0.29, 0.717) is 16.9 Å². The van der Waals surface area contributed by atoms with Crippen molar-refractivity contribution in [2.45, 2.75) is 44.3 Å². The number of nitrogens with zero attached hydrogens (tertiary/aromatic N) is 4. The second-order valence-corrected chi connectivity index (χ2v) is 10.4. The molecule has 1 spiro atoms. The highest BCUT2D eigenvalue weighted by atomic mass is 19.1. The van der Waals surface area contributed by atoms with Gasteiger partial charge in [-0.1, -0.05) is 0 Å². The fourth-order valence-electron chi connectivity index (χ4n) is 5.49. The second-order valence-electron chi connectivity index (χ2n) is 10.4. The van der Waals surface area contributed by atoms with E-state index in [1.54, 1.807) is 24.7 Å². The smallest absolute Gasteiger partial charge is 0.188 e. The Morgan fingerprint density at radius 1 is 1.06 bits per heavy atom. The number of halogens is 1. The molecule has 3 unspecified atom stereocenters. The summed E-state index contributed by atoms with van der Waals surface area (Å²) < 4.78 is 29.5. The van der Waals surface area contributed by atoms with Crippen LogP contribution in [0, 0.1) is 17.2 Å². The molecule has 7 nitrogen and oxygen atoms in total. The Balaban J connectivity index is 0.000000483. The highest BCUT2D eigenvalue weighted by Gasteiger charge is 2.56. The monoisotopic (exact) mass is 468 g/mol. The van der Waals surface area contributed by atoms with Crippen LogP contribution >= 0.6 is 0 Å². The number of hydrogen-bond donors (Lipinski definition) is 0. The second kappa shape index (κ2) is 9.40. The Hall–Kier alpha value is -2.29. The molecular weight excluding hydrogens is 435 g/mol. The fraction of sp³-hybridized carbons (Fsp3) is 0.615. The maximum absolute atomic E-state index is 13.2. The van der Waals surface area contributed by atoms with Crippen molar-refractivity contribution in [1.82, 2.24) is 14.9 Å². The molecule has 5 fully saturated rings. The Morgan fingerprint density at radius 2 is 1.79 bits per heavy atom. The van der Waals surface area contributed by atoms with Crippen LogP contribution in [-0.2, 0) is 9.47 Å². The van der Waals surface area contributed by atoms with Gasteiger partial charge in [-0.2, -0.15) is 0 Å². The van der Waals surface area contributed by atoms with Gasteiger partial charge in [0.25, 0.3) is 0 Å². The largest absolute Gasteiger partial charge is 0.452 e. The van der Waals surface area contributed by atoms with E-state index in [-0.39, 0.29) is 5.82 Å². The maximum atomic E-state index is 13.2. The zero-order valence-corrected chi connectivity index (χ0v) is 19.6. The highest BCUT2D eigenvalue weighted by Crippen LogP contribution is 2.46. The van der Waals surface area contributed by atoms with Gasteiger partial charge in [0.05, 0.1) is 18.4 Å². The normalized spacial score (nSPS) is 30.1. The van der Waals surface area contributed by atoms with Crippen molar-refractivity contribution in [1.29, 1.82) is 0 Å². The van der Waals surface area contributed by atoms with Crippen molar-refractivity contribution >= 4 is 5.82 Å². The first-order chi connectivity index (χ1) is 16.7. The summed E-state index contributed by atoms with van der Waals surface area (Å²) in [5, 5.41) is 0. The van der Waals surface area contributed by atoms with Gasteiger partial charge < -0.3 is 24.0 Å². The summed E-state index contributed by atoms with van der Waals surface area (Å²) in [5.41, 5.74) is 0.337. The van der Waals surface area contributed by atoms with E-state index in [1.165, 1.54) is 63.9 Å². The molecule has 0 N–H and O–H groups in total. The van der Waals surface area contributed by atoms with Crippen LogP contribution in [0.25, 0.3) is 0 Å². The number of aromatic nitrogens is 2. The van der Waals surface area contributed by atoms with Crippen molar-refractivity contribution in [3.8, 4) is 11.5 Å². The summed E-state index contributed by atoms with van der Waals surface area (Å²) in [6.45, 7) is 7.37. The molecule has 34 heavy (non-hydrogen) atoms. The summed E-state index contributed by atoms with van der Waals surface area (Å²) in [6.07, 6.45) is 10.9. The van der Waals surface area contributed by atoms with Crippen molar-refractivity contribution < 1.29 is 18.6 Å². The molecule has 8 heteroatoms. The molecule has 5 aliphatic rings. The van der Waals surface area contributed by atoms with Gasteiger partial charge in [0, 0.05) is 51.2 Å². The van der Waals surface area contributed by atoms with Crippen LogP contribution in [-0.4, -0.2) is 73.0 Å². The molecule has 4 saturated heterocycles. The van der Waals surface area contributed by atoms with Crippen LogP contribution in [0.15, 0.2) is 36.8 Å². The van der Waals surface area contributed by atoms with Gasteiger partial charge in [0.15, 0.2) is 11.6 Å². The molecule has 1 aromatic carbocycles. The molecule has 182 valence electrons. The Morgan fingerprint density at radius 3 is 2.53 bits per heavy atom. The van der Waals surface area contributed by atoms with E-state index >= 15 is 0 Å². The Bertz CT molecular complexity index is 974. The third kappa shape index (κ3) is 5.19. The SMILES string of the molecule is C1C2OC12.Fc1ccc(Oc2cncnc2N2CCC3(CCN(CC4CCOCC4)C3)C2)cc1. The number of epoxide rings is 1. The molecule has 4 aliphatic heterocycles. The lowest BCUT2D eigenvalue weighted by Crippen LogP contribution is -2.34. The summed E-state index contributed by atoms with van der Waals surface area (Å²) in [5.74, 6) is 2.54. The van der Waals surface area contributed by atoms with Gasteiger partial charge >= 0.3 is 0 Å².